The molecule has 0 bridgehead atoms. The molecule has 6 heteroatoms. The van der Waals surface area contributed by atoms with E-state index in [1.807, 2.05) is 54.8 Å². The number of carbonyl (C=O) groups excluding carboxylic acids is 1. The van der Waals surface area contributed by atoms with Gasteiger partial charge >= 0.3 is 0 Å². The van der Waals surface area contributed by atoms with Crippen LogP contribution in [0.5, 0.6) is 11.5 Å². The number of hydrogen-bond donors (Lipinski definition) is 1. The van der Waals surface area contributed by atoms with Crippen molar-refractivity contribution in [2.24, 2.45) is 0 Å². The molecule has 3 rings (SSSR count). The average molecular weight is 394 g/mol. The minimum Gasteiger partial charge on any atom is -0.493 e. The highest BCUT2D eigenvalue weighted by Crippen LogP contribution is 2.34. The minimum absolute atomic E-state index is 0.0916. The first-order valence-electron chi connectivity index (χ1n) is 8.82. The average Bonchev–Trinajstić information content (AvgIpc) is 3.22. The van der Waals surface area contributed by atoms with E-state index >= 15 is 0 Å². The van der Waals surface area contributed by atoms with Gasteiger partial charge in [-0.15, -0.1) is 11.3 Å². The van der Waals surface area contributed by atoms with Crippen molar-refractivity contribution in [1.82, 2.24) is 10.3 Å². The molecule has 0 saturated carbocycles. The van der Waals surface area contributed by atoms with Crippen molar-refractivity contribution < 1.29 is 14.3 Å². The number of hydrogen-bond acceptors (Lipinski definition) is 5. The van der Waals surface area contributed by atoms with Crippen LogP contribution in [0, 0.1) is 0 Å². The van der Waals surface area contributed by atoms with Crippen LogP contribution in [0.15, 0.2) is 60.0 Å². The standard InChI is InChI=1S/C22H22N2O3S/c1-4-5-21(25)23-13-15-6-8-16(9-7-15)22-24-18(14-28-22)17-10-11-19(26-2)20(12-17)27-3/h4-12,14H,13H2,1-3H3,(H,23,25)/b5-4+. The van der Waals surface area contributed by atoms with Gasteiger partial charge in [-0.3, -0.25) is 4.79 Å². The minimum atomic E-state index is -0.0916. The summed E-state index contributed by atoms with van der Waals surface area (Å²) in [6.45, 7) is 2.32. The van der Waals surface area contributed by atoms with Gasteiger partial charge in [-0.2, -0.15) is 0 Å². The van der Waals surface area contributed by atoms with Crippen molar-refractivity contribution in [2.45, 2.75) is 13.5 Å². The highest BCUT2D eigenvalue weighted by Gasteiger charge is 2.10. The van der Waals surface area contributed by atoms with Crippen molar-refractivity contribution in [1.29, 1.82) is 0 Å². The van der Waals surface area contributed by atoms with Crippen molar-refractivity contribution >= 4 is 17.2 Å². The van der Waals surface area contributed by atoms with Gasteiger partial charge in [-0.25, -0.2) is 4.98 Å². The Balaban J connectivity index is 1.74. The third-order valence-electron chi connectivity index (χ3n) is 4.17. The number of amides is 1. The smallest absolute Gasteiger partial charge is 0.243 e. The molecule has 3 aromatic rings. The fourth-order valence-electron chi connectivity index (χ4n) is 2.70. The lowest BCUT2D eigenvalue weighted by molar-refractivity contribution is -0.116. The number of nitrogens with zero attached hydrogens (tertiary/aromatic N) is 1. The Bertz CT molecular complexity index is 978. The number of allylic oxidation sites excluding steroid dienone is 1. The first kappa shape index (κ1) is 19.6. The number of carbonyl (C=O) groups is 1. The Morgan fingerprint density at radius 2 is 1.79 bits per heavy atom. The van der Waals surface area contributed by atoms with Gasteiger partial charge in [0.05, 0.1) is 19.9 Å². The summed E-state index contributed by atoms with van der Waals surface area (Å²) in [6, 6.07) is 13.8. The molecule has 0 unspecified atom stereocenters. The lowest BCUT2D eigenvalue weighted by Crippen LogP contribution is -2.20. The number of rotatable bonds is 7. The van der Waals surface area contributed by atoms with Crippen LogP contribution >= 0.6 is 11.3 Å². The largest absolute Gasteiger partial charge is 0.493 e. The molecule has 0 aliphatic heterocycles. The molecule has 0 aliphatic rings. The molecule has 1 amide bonds. The lowest BCUT2D eigenvalue weighted by Gasteiger charge is -2.08. The summed E-state index contributed by atoms with van der Waals surface area (Å²) in [5, 5.41) is 5.81. The highest BCUT2D eigenvalue weighted by molar-refractivity contribution is 7.13. The van der Waals surface area contributed by atoms with E-state index in [9.17, 15) is 4.79 Å². The predicted octanol–water partition coefficient (Wildman–Crippen LogP) is 4.69. The molecule has 0 saturated heterocycles. The summed E-state index contributed by atoms with van der Waals surface area (Å²) < 4.78 is 10.7. The quantitative estimate of drug-likeness (QED) is 0.591. The number of benzene rings is 2. The Morgan fingerprint density at radius 3 is 2.46 bits per heavy atom. The summed E-state index contributed by atoms with van der Waals surface area (Å²) in [7, 11) is 3.24. The molecular formula is C22H22N2O3S. The molecule has 1 N–H and O–H groups in total. The topological polar surface area (TPSA) is 60.5 Å². The van der Waals surface area contributed by atoms with Gasteiger partial charge in [0.15, 0.2) is 11.5 Å². The zero-order valence-electron chi connectivity index (χ0n) is 16.1. The van der Waals surface area contributed by atoms with E-state index in [1.54, 1.807) is 31.6 Å². The van der Waals surface area contributed by atoms with Gasteiger partial charge in [0, 0.05) is 23.1 Å². The summed E-state index contributed by atoms with van der Waals surface area (Å²) in [6.07, 6.45) is 3.23. The van der Waals surface area contributed by atoms with E-state index in [1.165, 1.54) is 6.08 Å². The normalized spacial score (nSPS) is 10.8. The van der Waals surface area contributed by atoms with E-state index in [4.69, 9.17) is 14.5 Å². The zero-order valence-corrected chi connectivity index (χ0v) is 16.9. The van der Waals surface area contributed by atoms with E-state index in [-0.39, 0.29) is 5.91 Å². The Kier molecular flexibility index (Phi) is 6.45. The summed E-state index contributed by atoms with van der Waals surface area (Å²) in [5.41, 5.74) is 3.95. The van der Waals surface area contributed by atoms with Gasteiger partial charge in [-0.1, -0.05) is 30.3 Å². The Morgan fingerprint density at radius 1 is 1.07 bits per heavy atom. The van der Waals surface area contributed by atoms with E-state index in [0.717, 1.165) is 27.4 Å². The number of nitrogens with one attached hydrogen (secondary N) is 1. The van der Waals surface area contributed by atoms with Crippen molar-refractivity contribution in [2.75, 3.05) is 14.2 Å². The van der Waals surface area contributed by atoms with Gasteiger partial charge < -0.3 is 14.8 Å². The van der Waals surface area contributed by atoms with Gasteiger partial charge in [0.25, 0.3) is 0 Å². The first-order valence-corrected chi connectivity index (χ1v) is 9.70. The molecule has 0 atom stereocenters. The van der Waals surface area contributed by atoms with Crippen LogP contribution in [0.1, 0.15) is 12.5 Å². The van der Waals surface area contributed by atoms with Crippen LogP contribution in [0.4, 0.5) is 0 Å². The second-order valence-electron chi connectivity index (χ2n) is 6.02. The van der Waals surface area contributed by atoms with Crippen molar-refractivity contribution in [3.8, 4) is 33.3 Å². The third-order valence-corrected chi connectivity index (χ3v) is 5.06. The predicted molar refractivity (Wildman–Crippen MR) is 113 cm³/mol. The first-order chi connectivity index (χ1) is 13.6. The van der Waals surface area contributed by atoms with E-state index < -0.39 is 0 Å². The molecule has 5 nitrogen and oxygen atoms in total. The number of ether oxygens (including phenoxy) is 2. The van der Waals surface area contributed by atoms with Crippen LogP contribution in [0.3, 0.4) is 0 Å². The molecule has 2 aromatic carbocycles. The molecule has 0 radical (unpaired) electrons. The number of methoxy groups -OCH3 is 2. The van der Waals surface area contributed by atoms with Crippen LogP contribution < -0.4 is 14.8 Å². The van der Waals surface area contributed by atoms with Gasteiger partial charge in [-0.05, 0) is 36.8 Å². The summed E-state index contributed by atoms with van der Waals surface area (Å²) >= 11 is 1.59. The van der Waals surface area contributed by atoms with Crippen LogP contribution in [-0.2, 0) is 11.3 Å². The molecule has 0 aliphatic carbocycles. The van der Waals surface area contributed by atoms with Gasteiger partial charge in [0.2, 0.25) is 5.91 Å². The maximum absolute atomic E-state index is 11.5. The molecule has 0 fully saturated rings. The van der Waals surface area contributed by atoms with Gasteiger partial charge in [0.1, 0.15) is 5.01 Å². The fourth-order valence-corrected chi connectivity index (χ4v) is 3.53. The zero-order chi connectivity index (χ0) is 19.9. The number of aromatic nitrogens is 1. The van der Waals surface area contributed by atoms with Crippen molar-refractivity contribution in [3.63, 3.8) is 0 Å². The molecule has 1 heterocycles. The molecule has 144 valence electrons. The molecule has 1 aromatic heterocycles. The van der Waals surface area contributed by atoms with Crippen LogP contribution in [0.2, 0.25) is 0 Å². The monoisotopic (exact) mass is 394 g/mol. The van der Waals surface area contributed by atoms with E-state index in [0.29, 0.717) is 18.0 Å². The summed E-state index contributed by atoms with van der Waals surface area (Å²) in [5.74, 6) is 1.28. The van der Waals surface area contributed by atoms with Crippen LogP contribution in [0.25, 0.3) is 21.8 Å². The molecular weight excluding hydrogens is 372 g/mol. The fraction of sp³-hybridized carbons (Fsp3) is 0.182. The highest BCUT2D eigenvalue weighted by atomic mass is 32.1. The summed E-state index contributed by atoms with van der Waals surface area (Å²) in [4.78, 5) is 16.3. The third kappa shape index (κ3) is 4.58. The Hall–Kier alpha value is -3.12. The molecule has 0 spiro atoms. The lowest BCUT2D eigenvalue weighted by atomic mass is 10.1. The van der Waals surface area contributed by atoms with Crippen LogP contribution in [-0.4, -0.2) is 25.1 Å². The second kappa shape index (κ2) is 9.19. The maximum atomic E-state index is 11.5. The van der Waals surface area contributed by atoms with Crippen molar-refractivity contribution in [3.05, 3.63) is 65.6 Å². The second-order valence-corrected chi connectivity index (χ2v) is 6.88. The Labute approximate surface area is 168 Å². The molecule has 28 heavy (non-hydrogen) atoms. The van der Waals surface area contributed by atoms with E-state index in [2.05, 4.69) is 5.32 Å². The number of thiazole rings is 1. The maximum Gasteiger partial charge on any atom is 0.243 e. The SMILES string of the molecule is C/C=C/C(=O)NCc1ccc(-c2nc(-c3ccc(OC)c(OC)c3)cs2)cc1.